The first-order valence-electron chi connectivity index (χ1n) is 6.27. The van der Waals surface area contributed by atoms with E-state index < -0.39 is 23.5 Å². The Morgan fingerprint density at radius 2 is 1.86 bits per heavy atom. The zero-order chi connectivity index (χ0) is 16.5. The summed E-state index contributed by atoms with van der Waals surface area (Å²) >= 11 is 0. The predicted molar refractivity (Wildman–Crippen MR) is 73.1 cm³/mol. The van der Waals surface area contributed by atoms with Crippen molar-refractivity contribution in [3.05, 3.63) is 59.0 Å². The maximum absolute atomic E-state index is 13.8. The van der Waals surface area contributed by atoms with E-state index in [0.29, 0.717) is 11.8 Å². The summed E-state index contributed by atoms with van der Waals surface area (Å²) < 4.78 is 51.2. The van der Waals surface area contributed by atoms with Crippen LogP contribution in [0.25, 0.3) is 0 Å². The van der Waals surface area contributed by atoms with Crippen molar-refractivity contribution in [2.24, 2.45) is 0 Å². The zero-order valence-corrected chi connectivity index (χ0v) is 11.8. The molecule has 0 bridgehead atoms. The number of benzene rings is 1. The smallest absolute Gasteiger partial charge is 0.296 e. The highest BCUT2D eigenvalue weighted by atomic mass is 19.4. The lowest BCUT2D eigenvalue weighted by atomic mass is 10.1. The molecule has 0 fully saturated rings. The Morgan fingerprint density at radius 1 is 1.18 bits per heavy atom. The van der Waals surface area contributed by atoms with Crippen LogP contribution in [0.15, 0.2) is 36.5 Å². The molecule has 1 amide bonds. The molecule has 22 heavy (non-hydrogen) atoms. The molecule has 0 N–H and O–H groups in total. The van der Waals surface area contributed by atoms with Crippen molar-refractivity contribution < 1.29 is 22.4 Å². The standard InChI is InChI=1S/C15H12F4N2O/c1-9-3-5-11(12(16)7-9)14(22)21(2)13-6-4-10(8-20-13)15(17,18)19/h3-8H,1-2H3. The molecule has 2 rings (SSSR count). The second kappa shape index (κ2) is 5.75. The van der Waals surface area contributed by atoms with Gasteiger partial charge in [0.1, 0.15) is 11.6 Å². The summed E-state index contributed by atoms with van der Waals surface area (Å²) in [6.07, 6.45) is -3.87. The number of anilines is 1. The van der Waals surface area contributed by atoms with Crippen molar-refractivity contribution in [3.8, 4) is 0 Å². The second-order valence-corrected chi connectivity index (χ2v) is 4.75. The fourth-order valence-electron chi connectivity index (χ4n) is 1.83. The van der Waals surface area contributed by atoms with Crippen molar-refractivity contribution in [1.29, 1.82) is 0 Å². The lowest BCUT2D eigenvalue weighted by Gasteiger charge is -2.17. The Morgan fingerprint density at radius 3 is 2.36 bits per heavy atom. The molecule has 1 aromatic carbocycles. The molecule has 2 aromatic rings. The van der Waals surface area contributed by atoms with Gasteiger partial charge in [0, 0.05) is 13.2 Å². The van der Waals surface area contributed by atoms with Gasteiger partial charge in [0.25, 0.3) is 5.91 Å². The quantitative estimate of drug-likeness (QED) is 0.790. The molecule has 0 aliphatic rings. The van der Waals surface area contributed by atoms with Crippen LogP contribution in [0.2, 0.25) is 0 Å². The summed E-state index contributed by atoms with van der Waals surface area (Å²) in [6, 6.07) is 5.99. The van der Waals surface area contributed by atoms with Gasteiger partial charge in [-0.2, -0.15) is 13.2 Å². The minimum absolute atomic E-state index is 0.00187. The molecule has 0 unspecified atom stereocenters. The van der Waals surface area contributed by atoms with Crippen LogP contribution in [0.3, 0.4) is 0 Å². The first-order chi connectivity index (χ1) is 10.2. The molecule has 0 atom stereocenters. The van der Waals surface area contributed by atoms with E-state index in [1.54, 1.807) is 13.0 Å². The minimum atomic E-state index is -4.50. The molecular formula is C15H12F4N2O. The fourth-order valence-corrected chi connectivity index (χ4v) is 1.83. The first-order valence-corrected chi connectivity index (χ1v) is 6.27. The third-order valence-corrected chi connectivity index (χ3v) is 3.08. The number of carbonyl (C=O) groups excluding carboxylic acids is 1. The molecule has 1 heterocycles. The van der Waals surface area contributed by atoms with Crippen molar-refractivity contribution in [1.82, 2.24) is 4.98 Å². The third-order valence-electron chi connectivity index (χ3n) is 3.08. The number of aryl methyl sites for hydroxylation is 1. The lowest BCUT2D eigenvalue weighted by molar-refractivity contribution is -0.137. The van der Waals surface area contributed by atoms with Crippen LogP contribution in [-0.4, -0.2) is 17.9 Å². The third kappa shape index (κ3) is 3.24. The number of hydrogen-bond acceptors (Lipinski definition) is 2. The summed E-state index contributed by atoms with van der Waals surface area (Å²) in [5.41, 5.74) is -0.433. The van der Waals surface area contributed by atoms with Crippen LogP contribution >= 0.6 is 0 Å². The van der Waals surface area contributed by atoms with E-state index in [2.05, 4.69) is 4.98 Å². The van der Waals surface area contributed by atoms with Crippen LogP contribution in [0.4, 0.5) is 23.4 Å². The first kappa shape index (κ1) is 15.9. The van der Waals surface area contributed by atoms with E-state index in [4.69, 9.17) is 0 Å². The summed E-state index contributed by atoms with van der Waals surface area (Å²) in [5, 5.41) is 0. The van der Waals surface area contributed by atoms with Gasteiger partial charge in [-0.1, -0.05) is 6.07 Å². The van der Waals surface area contributed by atoms with Crippen molar-refractivity contribution >= 4 is 11.7 Å². The number of nitrogens with zero attached hydrogens (tertiary/aromatic N) is 2. The lowest BCUT2D eigenvalue weighted by Crippen LogP contribution is -2.28. The number of hydrogen-bond donors (Lipinski definition) is 0. The van der Waals surface area contributed by atoms with Crippen LogP contribution < -0.4 is 4.90 Å². The highest BCUT2D eigenvalue weighted by Crippen LogP contribution is 2.29. The SMILES string of the molecule is Cc1ccc(C(=O)N(C)c2ccc(C(F)(F)F)cn2)c(F)c1. The van der Waals surface area contributed by atoms with Gasteiger partial charge in [0.2, 0.25) is 0 Å². The Kier molecular flexibility index (Phi) is 4.16. The van der Waals surface area contributed by atoms with Crippen LogP contribution in [0, 0.1) is 12.7 Å². The second-order valence-electron chi connectivity index (χ2n) is 4.75. The molecule has 0 saturated carbocycles. The molecule has 3 nitrogen and oxygen atoms in total. The Bertz CT molecular complexity index is 696. The normalized spacial score (nSPS) is 11.4. The molecule has 7 heteroatoms. The number of rotatable bonds is 2. The molecule has 0 aliphatic carbocycles. The predicted octanol–water partition coefficient (Wildman–Crippen LogP) is 3.82. The van der Waals surface area contributed by atoms with Gasteiger partial charge in [-0.05, 0) is 36.8 Å². The van der Waals surface area contributed by atoms with Crippen molar-refractivity contribution in [2.45, 2.75) is 13.1 Å². The van der Waals surface area contributed by atoms with Crippen LogP contribution in [-0.2, 0) is 6.18 Å². The van der Waals surface area contributed by atoms with E-state index >= 15 is 0 Å². The van der Waals surface area contributed by atoms with Gasteiger partial charge in [0.05, 0.1) is 11.1 Å². The van der Waals surface area contributed by atoms with Gasteiger partial charge in [0.15, 0.2) is 0 Å². The largest absolute Gasteiger partial charge is 0.417 e. The highest BCUT2D eigenvalue weighted by molar-refractivity contribution is 6.05. The van der Waals surface area contributed by atoms with E-state index in [-0.39, 0.29) is 11.4 Å². The van der Waals surface area contributed by atoms with Crippen LogP contribution in [0.5, 0.6) is 0 Å². The van der Waals surface area contributed by atoms with Crippen LogP contribution in [0.1, 0.15) is 21.5 Å². The van der Waals surface area contributed by atoms with Gasteiger partial charge < -0.3 is 0 Å². The summed E-state index contributed by atoms with van der Waals surface area (Å²) in [4.78, 5) is 16.8. The minimum Gasteiger partial charge on any atom is -0.296 e. The molecule has 0 radical (unpaired) electrons. The number of halogens is 4. The van der Waals surface area contributed by atoms with Crippen molar-refractivity contribution in [2.75, 3.05) is 11.9 Å². The molecule has 0 aliphatic heterocycles. The molecule has 0 spiro atoms. The summed E-state index contributed by atoms with van der Waals surface area (Å²) in [6.45, 7) is 1.68. The molecule has 0 saturated heterocycles. The summed E-state index contributed by atoms with van der Waals surface area (Å²) in [5.74, 6) is -1.38. The van der Waals surface area contributed by atoms with Gasteiger partial charge >= 0.3 is 6.18 Å². The fraction of sp³-hybridized carbons (Fsp3) is 0.200. The van der Waals surface area contributed by atoms with Crippen molar-refractivity contribution in [3.63, 3.8) is 0 Å². The van der Waals surface area contributed by atoms with E-state index in [1.165, 1.54) is 19.2 Å². The van der Waals surface area contributed by atoms with E-state index in [1.807, 2.05) is 0 Å². The number of carbonyl (C=O) groups is 1. The van der Waals surface area contributed by atoms with Gasteiger partial charge in [-0.25, -0.2) is 9.37 Å². The maximum Gasteiger partial charge on any atom is 0.417 e. The monoisotopic (exact) mass is 312 g/mol. The average Bonchev–Trinajstić information content (AvgIpc) is 2.45. The maximum atomic E-state index is 13.8. The Labute approximate surface area is 124 Å². The Hall–Kier alpha value is -2.44. The topological polar surface area (TPSA) is 33.2 Å². The molecule has 116 valence electrons. The van der Waals surface area contributed by atoms with E-state index in [9.17, 15) is 22.4 Å². The number of amides is 1. The molecule has 1 aromatic heterocycles. The van der Waals surface area contributed by atoms with Gasteiger partial charge in [-0.15, -0.1) is 0 Å². The zero-order valence-electron chi connectivity index (χ0n) is 11.8. The number of pyridine rings is 1. The average molecular weight is 312 g/mol. The molecular weight excluding hydrogens is 300 g/mol. The highest BCUT2D eigenvalue weighted by Gasteiger charge is 2.31. The number of alkyl halides is 3. The Balaban J connectivity index is 2.27. The number of aromatic nitrogens is 1. The van der Waals surface area contributed by atoms with E-state index in [0.717, 1.165) is 17.0 Å². The van der Waals surface area contributed by atoms with Gasteiger partial charge in [-0.3, -0.25) is 9.69 Å². The summed E-state index contributed by atoms with van der Waals surface area (Å²) in [7, 11) is 1.32.